The maximum absolute atomic E-state index is 12.2. The third-order valence-electron chi connectivity index (χ3n) is 7.63. The Labute approximate surface area is 208 Å². The second-order valence-corrected chi connectivity index (χ2v) is 10.3. The maximum Gasteiger partial charge on any atom is 0.225 e. The van der Waals surface area contributed by atoms with Crippen LogP contribution in [0.5, 0.6) is 0 Å². The van der Waals surface area contributed by atoms with E-state index in [1.807, 2.05) is 31.4 Å². The molecule has 0 aromatic heterocycles. The number of hydrogen-bond donors (Lipinski definition) is 3. The molecule has 7 nitrogen and oxygen atoms in total. The van der Waals surface area contributed by atoms with Gasteiger partial charge in [0.05, 0.1) is 11.5 Å². The summed E-state index contributed by atoms with van der Waals surface area (Å²) in [5.41, 5.74) is 5.52. The van der Waals surface area contributed by atoms with Crippen LogP contribution in [0, 0.1) is 18.8 Å². The van der Waals surface area contributed by atoms with Crippen molar-refractivity contribution >= 4 is 28.9 Å². The smallest absolute Gasteiger partial charge is 0.225 e. The second kappa shape index (κ2) is 10.7. The van der Waals surface area contributed by atoms with Crippen LogP contribution < -0.4 is 20.9 Å². The third kappa shape index (κ3) is 6.14. The molecule has 1 atom stereocenters. The third-order valence-corrected chi connectivity index (χ3v) is 7.63. The zero-order chi connectivity index (χ0) is 25.0. The molecule has 4 rings (SSSR count). The minimum Gasteiger partial charge on any atom is -0.379 e. The molecule has 2 heterocycles. The first kappa shape index (κ1) is 25.0. The molecule has 0 saturated carbocycles. The number of hydrogen-bond acceptors (Lipinski definition) is 5. The Kier molecular flexibility index (Phi) is 7.65. The first-order valence-electron chi connectivity index (χ1n) is 12.6. The van der Waals surface area contributed by atoms with E-state index in [9.17, 15) is 9.59 Å². The molecule has 0 spiro atoms. The summed E-state index contributed by atoms with van der Waals surface area (Å²) in [4.78, 5) is 26.0. The van der Waals surface area contributed by atoms with Crippen LogP contribution in [0.25, 0.3) is 0 Å². The van der Waals surface area contributed by atoms with Gasteiger partial charge in [-0.1, -0.05) is 12.1 Å². The van der Waals surface area contributed by atoms with Gasteiger partial charge in [-0.3, -0.25) is 9.59 Å². The SMILES string of the molecule is COC(C)(C)C1CCN(c2ccc(Nc3ccc(CNC(=O)C4CNC(=O)C4)cc3)c(C)c2)CC1. The van der Waals surface area contributed by atoms with Gasteiger partial charge in [0.2, 0.25) is 11.8 Å². The van der Waals surface area contributed by atoms with E-state index in [1.165, 1.54) is 11.3 Å². The predicted molar refractivity (Wildman–Crippen MR) is 140 cm³/mol. The van der Waals surface area contributed by atoms with Gasteiger partial charge in [-0.05, 0) is 81.0 Å². The van der Waals surface area contributed by atoms with E-state index in [-0.39, 0.29) is 29.8 Å². The first-order chi connectivity index (χ1) is 16.7. The van der Waals surface area contributed by atoms with Gasteiger partial charge in [-0.25, -0.2) is 0 Å². The fraction of sp³-hybridized carbons (Fsp3) is 0.500. The van der Waals surface area contributed by atoms with E-state index in [0.717, 1.165) is 42.9 Å². The molecule has 0 radical (unpaired) electrons. The number of carbonyl (C=O) groups is 2. The van der Waals surface area contributed by atoms with Crippen molar-refractivity contribution in [2.45, 2.75) is 52.2 Å². The summed E-state index contributed by atoms with van der Waals surface area (Å²) in [6.07, 6.45) is 2.56. The van der Waals surface area contributed by atoms with Crippen LogP contribution in [0.1, 0.15) is 44.2 Å². The fourth-order valence-corrected chi connectivity index (χ4v) is 4.97. The highest BCUT2D eigenvalue weighted by atomic mass is 16.5. The Morgan fingerprint density at radius 3 is 2.46 bits per heavy atom. The van der Waals surface area contributed by atoms with Crippen LogP contribution in [0.2, 0.25) is 0 Å². The maximum atomic E-state index is 12.2. The normalized spacial score (nSPS) is 18.9. The minimum atomic E-state index is -0.266. The fourth-order valence-electron chi connectivity index (χ4n) is 4.97. The van der Waals surface area contributed by atoms with E-state index >= 15 is 0 Å². The summed E-state index contributed by atoms with van der Waals surface area (Å²) in [5.74, 6) is 0.191. The lowest BCUT2D eigenvalue weighted by molar-refractivity contribution is -0.126. The first-order valence-corrected chi connectivity index (χ1v) is 12.6. The van der Waals surface area contributed by atoms with Crippen molar-refractivity contribution in [2.24, 2.45) is 11.8 Å². The van der Waals surface area contributed by atoms with Crippen LogP contribution in [-0.2, 0) is 20.9 Å². The number of rotatable bonds is 8. The molecule has 2 aliphatic heterocycles. The van der Waals surface area contributed by atoms with Crippen molar-refractivity contribution < 1.29 is 14.3 Å². The van der Waals surface area contributed by atoms with Crippen molar-refractivity contribution in [3.63, 3.8) is 0 Å². The van der Waals surface area contributed by atoms with E-state index < -0.39 is 0 Å². The lowest BCUT2D eigenvalue weighted by atomic mass is 9.82. The van der Waals surface area contributed by atoms with Crippen molar-refractivity contribution in [1.82, 2.24) is 10.6 Å². The number of aryl methyl sites for hydroxylation is 1. The molecule has 1 unspecified atom stereocenters. The zero-order valence-electron chi connectivity index (χ0n) is 21.3. The Hall–Kier alpha value is -3.06. The van der Waals surface area contributed by atoms with E-state index in [0.29, 0.717) is 19.0 Å². The number of benzene rings is 2. The van der Waals surface area contributed by atoms with Crippen molar-refractivity contribution in [2.75, 3.05) is 37.0 Å². The zero-order valence-corrected chi connectivity index (χ0v) is 21.3. The Balaban J connectivity index is 1.29. The molecule has 2 fully saturated rings. The number of piperidine rings is 1. The number of nitrogens with one attached hydrogen (secondary N) is 3. The summed E-state index contributed by atoms with van der Waals surface area (Å²) in [7, 11) is 1.81. The quantitative estimate of drug-likeness (QED) is 0.531. The standard InChI is InChI=1S/C28H38N4O3/c1-19-15-24(32-13-11-22(12-14-32)28(2,3)35-4)9-10-25(19)31-23-7-5-20(6-8-23)17-30-27(34)21-16-26(33)29-18-21/h5-10,15,21-22,31H,11-14,16-18H2,1-4H3,(H,29,33)(H,30,34). The Bertz CT molecular complexity index is 1040. The van der Waals surface area contributed by atoms with Crippen molar-refractivity contribution in [1.29, 1.82) is 0 Å². The second-order valence-electron chi connectivity index (χ2n) is 10.3. The van der Waals surface area contributed by atoms with E-state index in [4.69, 9.17) is 4.74 Å². The molecule has 7 heteroatoms. The molecule has 35 heavy (non-hydrogen) atoms. The van der Waals surface area contributed by atoms with Crippen LogP contribution in [0.3, 0.4) is 0 Å². The number of anilines is 3. The highest BCUT2D eigenvalue weighted by Gasteiger charge is 2.32. The summed E-state index contributed by atoms with van der Waals surface area (Å²) < 4.78 is 5.71. The lowest BCUT2D eigenvalue weighted by Gasteiger charge is -2.40. The number of amides is 2. The Morgan fingerprint density at radius 2 is 1.86 bits per heavy atom. The van der Waals surface area contributed by atoms with Gasteiger partial charge >= 0.3 is 0 Å². The van der Waals surface area contributed by atoms with Crippen molar-refractivity contribution in [3.05, 3.63) is 53.6 Å². The molecule has 0 bridgehead atoms. The topological polar surface area (TPSA) is 82.7 Å². The van der Waals surface area contributed by atoms with E-state index in [2.05, 4.69) is 59.8 Å². The van der Waals surface area contributed by atoms with Gasteiger partial charge in [0.25, 0.3) is 0 Å². The van der Waals surface area contributed by atoms with Crippen LogP contribution in [0.15, 0.2) is 42.5 Å². The summed E-state index contributed by atoms with van der Waals surface area (Å²) in [5, 5.41) is 9.14. The van der Waals surface area contributed by atoms with E-state index in [1.54, 1.807) is 0 Å². The molecule has 2 saturated heterocycles. The van der Waals surface area contributed by atoms with Crippen LogP contribution in [0.4, 0.5) is 17.1 Å². The average Bonchev–Trinajstić information content (AvgIpc) is 3.31. The summed E-state index contributed by atoms with van der Waals surface area (Å²) in [6.45, 7) is 9.51. The largest absolute Gasteiger partial charge is 0.379 e. The van der Waals surface area contributed by atoms with Gasteiger partial charge in [0, 0.05) is 56.8 Å². The molecule has 2 aliphatic rings. The number of carbonyl (C=O) groups excluding carboxylic acids is 2. The summed E-state index contributed by atoms with van der Waals surface area (Å²) in [6, 6.07) is 14.7. The number of ether oxygens (including phenoxy) is 1. The molecule has 0 aliphatic carbocycles. The predicted octanol–water partition coefficient (Wildman–Crippen LogP) is 4.13. The molecular formula is C28H38N4O3. The molecule has 3 N–H and O–H groups in total. The molecular weight excluding hydrogens is 440 g/mol. The van der Waals surface area contributed by atoms with Crippen molar-refractivity contribution in [3.8, 4) is 0 Å². The lowest BCUT2D eigenvalue weighted by Crippen LogP contribution is -2.43. The highest BCUT2D eigenvalue weighted by molar-refractivity contribution is 5.89. The molecule has 2 aromatic carbocycles. The summed E-state index contributed by atoms with van der Waals surface area (Å²) >= 11 is 0. The molecule has 2 amide bonds. The minimum absolute atomic E-state index is 0.0559. The van der Waals surface area contributed by atoms with Gasteiger partial charge in [0.15, 0.2) is 0 Å². The van der Waals surface area contributed by atoms with Gasteiger partial charge in [-0.2, -0.15) is 0 Å². The number of nitrogens with zero attached hydrogens (tertiary/aromatic N) is 1. The van der Waals surface area contributed by atoms with Crippen LogP contribution >= 0.6 is 0 Å². The van der Waals surface area contributed by atoms with Gasteiger partial charge < -0.3 is 25.6 Å². The molecule has 188 valence electrons. The van der Waals surface area contributed by atoms with Gasteiger partial charge in [-0.15, -0.1) is 0 Å². The average molecular weight is 479 g/mol. The number of methoxy groups -OCH3 is 1. The Morgan fingerprint density at radius 1 is 1.14 bits per heavy atom. The monoisotopic (exact) mass is 478 g/mol. The molecule has 2 aromatic rings. The highest BCUT2D eigenvalue weighted by Crippen LogP contribution is 2.33. The van der Waals surface area contributed by atoms with Gasteiger partial charge in [0.1, 0.15) is 0 Å². The van der Waals surface area contributed by atoms with Crippen LogP contribution in [-0.4, -0.2) is 44.2 Å².